The number of rotatable bonds is 22. The predicted octanol–water partition coefficient (Wildman–Crippen LogP) is 15.4. The topological polar surface area (TPSA) is 25.3 Å². The number of hydrogen-bond acceptors (Lipinski definition) is 0. The van der Waals surface area contributed by atoms with Gasteiger partial charge in [-0.05, 0) is 69.7 Å². The molecule has 0 spiro atoms. The summed E-state index contributed by atoms with van der Waals surface area (Å²) in [4.78, 5) is 0. The van der Waals surface area contributed by atoms with E-state index in [9.17, 15) is 5.53 Å². The summed E-state index contributed by atoms with van der Waals surface area (Å²) in [5, 5.41) is 0. The van der Waals surface area contributed by atoms with Crippen LogP contribution in [0, 0.1) is 13.8 Å². The first-order valence-corrected chi connectivity index (χ1v) is 19.9. The standard InChI is InChI=1S/C27H30N2.2C10H21.Ni/c1-4-6-8-14-22-16-10-12-18-24(22)26-20-21(3)27(29(26)28)25-19-13-11-17-23(25)15-9-7-5-2;2*1-3-5-7-9-10-8-6-4-2;/h4-7,10-13,16-20H,8-9,14-15H2,1-3H3;2*1,3-10H2,2H3;/q;2*-1;+2. The van der Waals surface area contributed by atoms with Gasteiger partial charge in [0, 0.05) is 22.8 Å². The fraction of sp³-hybridized carbons (Fsp3) is 0.532. The molecule has 0 aliphatic carbocycles. The summed E-state index contributed by atoms with van der Waals surface area (Å²) in [6.45, 7) is 18.3. The maximum Gasteiger partial charge on any atom is 2.00 e. The van der Waals surface area contributed by atoms with Crippen molar-refractivity contribution in [1.82, 2.24) is 0 Å². The van der Waals surface area contributed by atoms with Gasteiger partial charge < -0.3 is 19.4 Å². The van der Waals surface area contributed by atoms with Crippen molar-refractivity contribution >= 4 is 11.4 Å². The zero-order valence-electron chi connectivity index (χ0n) is 32.8. The molecule has 0 N–H and O–H groups in total. The van der Waals surface area contributed by atoms with Crippen molar-refractivity contribution < 1.29 is 21.2 Å². The van der Waals surface area contributed by atoms with E-state index in [1.165, 1.54) is 106 Å². The van der Waals surface area contributed by atoms with Crippen molar-refractivity contribution in [3.05, 3.63) is 126 Å². The Bertz CT molecular complexity index is 1230. The first-order valence-electron chi connectivity index (χ1n) is 19.9. The third-order valence-electron chi connectivity index (χ3n) is 9.07. The Morgan fingerprint density at radius 1 is 0.600 bits per heavy atom. The second-order valence-corrected chi connectivity index (χ2v) is 13.4. The quantitative estimate of drug-likeness (QED) is 0.0380. The molecule has 50 heavy (non-hydrogen) atoms. The van der Waals surface area contributed by atoms with E-state index in [4.69, 9.17) is 0 Å². The number of aryl methyl sites for hydroxylation is 2. The third-order valence-corrected chi connectivity index (χ3v) is 9.07. The Hall–Kier alpha value is -2.51. The molecule has 280 valence electrons. The van der Waals surface area contributed by atoms with Crippen LogP contribution in [-0.4, -0.2) is 4.70 Å². The summed E-state index contributed by atoms with van der Waals surface area (Å²) < 4.78 is 1.39. The second kappa shape index (κ2) is 32.4. The summed E-state index contributed by atoms with van der Waals surface area (Å²) in [6.07, 6.45) is 36.4. The van der Waals surface area contributed by atoms with Crippen molar-refractivity contribution in [3.8, 4) is 0 Å². The number of unbranched alkanes of at least 4 members (excludes halogenated alkanes) is 14. The molecular weight excluding hydrogens is 651 g/mol. The molecule has 0 saturated heterocycles. The summed E-state index contributed by atoms with van der Waals surface area (Å²) >= 11 is 0. The molecule has 1 aliphatic heterocycles. The minimum atomic E-state index is 0. The molecule has 1 heterocycles. The van der Waals surface area contributed by atoms with Crippen molar-refractivity contribution in [2.45, 2.75) is 163 Å². The van der Waals surface area contributed by atoms with Crippen LogP contribution >= 0.6 is 0 Å². The van der Waals surface area contributed by atoms with Gasteiger partial charge in [0.05, 0.1) is 0 Å². The summed E-state index contributed by atoms with van der Waals surface area (Å²) in [6, 6.07) is 16.8. The number of benzene rings is 2. The first kappa shape index (κ1) is 47.5. The van der Waals surface area contributed by atoms with Gasteiger partial charge in [-0.3, -0.25) is 0 Å². The van der Waals surface area contributed by atoms with E-state index < -0.39 is 0 Å². The average molecular weight is 724 g/mol. The molecule has 0 aromatic heterocycles. The van der Waals surface area contributed by atoms with E-state index in [0.29, 0.717) is 0 Å². The fourth-order valence-electron chi connectivity index (χ4n) is 6.18. The van der Waals surface area contributed by atoms with E-state index in [0.717, 1.165) is 66.6 Å². The Balaban J connectivity index is 0.000000944. The van der Waals surface area contributed by atoms with E-state index in [1.807, 2.05) is 19.1 Å². The third kappa shape index (κ3) is 19.8. The molecule has 0 fully saturated rings. The van der Waals surface area contributed by atoms with Gasteiger partial charge in [0.25, 0.3) is 0 Å². The number of nitrogens with zero attached hydrogens (tertiary/aromatic N) is 2. The maximum atomic E-state index is 11.2. The Morgan fingerprint density at radius 2 is 1.00 bits per heavy atom. The van der Waals surface area contributed by atoms with Gasteiger partial charge in [0.2, 0.25) is 11.4 Å². The molecule has 2 aromatic carbocycles. The van der Waals surface area contributed by atoms with E-state index in [2.05, 4.69) is 108 Å². The minimum Gasteiger partial charge on any atom is -0.493 e. The molecule has 0 bridgehead atoms. The predicted molar refractivity (Wildman–Crippen MR) is 219 cm³/mol. The van der Waals surface area contributed by atoms with Gasteiger partial charge in [0.1, 0.15) is 0 Å². The first-order chi connectivity index (χ1) is 24.0. The monoisotopic (exact) mass is 723 g/mol. The van der Waals surface area contributed by atoms with E-state index in [-0.39, 0.29) is 16.5 Å². The molecule has 0 amide bonds. The van der Waals surface area contributed by atoms with E-state index in [1.54, 1.807) is 0 Å². The molecule has 0 radical (unpaired) electrons. The van der Waals surface area contributed by atoms with Gasteiger partial charge in [-0.15, -0.1) is 0 Å². The van der Waals surface area contributed by atoms with Gasteiger partial charge in [-0.25, -0.2) is 4.70 Å². The van der Waals surface area contributed by atoms with Crippen LogP contribution < -0.4 is 0 Å². The summed E-state index contributed by atoms with van der Waals surface area (Å²) in [7, 11) is 0. The van der Waals surface area contributed by atoms with Crippen LogP contribution in [0.15, 0.2) is 84.5 Å². The van der Waals surface area contributed by atoms with Gasteiger partial charge >= 0.3 is 16.5 Å². The summed E-state index contributed by atoms with van der Waals surface area (Å²) in [5.74, 6) is 0. The van der Waals surface area contributed by atoms with Crippen LogP contribution in [-0.2, 0) is 29.3 Å². The average Bonchev–Trinajstić information content (AvgIpc) is 3.42. The van der Waals surface area contributed by atoms with Crippen molar-refractivity contribution in [3.63, 3.8) is 0 Å². The molecule has 0 unspecified atom stereocenters. The molecule has 3 rings (SSSR count). The number of allylic oxidation sites excluding steroid dienone is 6. The Kier molecular flexibility index (Phi) is 30.8. The van der Waals surface area contributed by atoms with Crippen LogP contribution in [0.5, 0.6) is 0 Å². The minimum absolute atomic E-state index is 0. The van der Waals surface area contributed by atoms with Crippen molar-refractivity contribution in [1.29, 1.82) is 0 Å². The van der Waals surface area contributed by atoms with E-state index >= 15 is 0 Å². The largest absolute Gasteiger partial charge is 2.00 e. The van der Waals surface area contributed by atoms with Crippen LogP contribution in [0.3, 0.4) is 0 Å². The van der Waals surface area contributed by atoms with Crippen LogP contribution in [0.4, 0.5) is 0 Å². The Labute approximate surface area is 320 Å². The Morgan fingerprint density at radius 3 is 1.44 bits per heavy atom. The molecule has 3 heteroatoms. The fourth-order valence-corrected chi connectivity index (χ4v) is 6.18. The zero-order valence-corrected chi connectivity index (χ0v) is 33.8. The molecule has 2 nitrogen and oxygen atoms in total. The summed E-state index contributed by atoms with van der Waals surface area (Å²) in [5.41, 5.74) is 18.7. The molecule has 0 saturated carbocycles. The zero-order chi connectivity index (χ0) is 36.0. The van der Waals surface area contributed by atoms with Gasteiger partial charge in [-0.2, -0.15) is 12.8 Å². The van der Waals surface area contributed by atoms with Gasteiger partial charge in [-0.1, -0.05) is 164 Å². The second-order valence-electron chi connectivity index (χ2n) is 13.4. The number of hydrogen-bond donors (Lipinski definition) is 0. The smallest absolute Gasteiger partial charge is 0.493 e. The molecular formula is C47H72N2Ni. The van der Waals surface area contributed by atoms with Crippen molar-refractivity contribution in [2.24, 2.45) is 0 Å². The van der Waals surface area contributed by atoms with Crippen LogP contribution in [0.25, 0.3) is 16.9 Å². The molecule has 1 aliphatic rings. The molecule has 0 atom stereocenters. The van der Waals surface area contributed by atoms with Crippen LogP contribution in [0.1, 0.15) is 172 Å². The van der Waals surface area contributed by atoms with Crippen molar-refractivity contribution in [2.75, 3.05) is 0 Å². The normalized spacial score (nSPS) is 12.5. The SMILES string of the molecule is CC=CCCc1ccccc1C1=CC(C)=C(c2ccccc2CCC=CC)[N+]1=[N-].[CH2-]CCCCCCCCC.[CH2-]CCCCCCCCC.[Ni+2]. The van der Waals surface area contributed by atoms with Gasteiger partial charge in [0.15, 0.2) is 0 Å². The maximum absolute atomic E-state index is 11.2. The molecule has 2 aromatic rings. The van der Waals surface area contributed by atoms with Crippen LogP contribution in [0.2, 0.25) is 0 Å².